The van der Waals surface area contributed by atoms with Crippen LogP contribution < -0.4 is 5.32 Å². The van der Waals surface area contributed by atoms with Crippen LogP contribution in [-0.4, -0.2) is 10.8 Å². The van der Waals surface area contributed by atoms with Crippen molar-refractivity contribution in [3.05, 3.63) is 67.1 Å². The molecule has 0 saturated carbocycles. The molecule has 2 aromatic rings. The highest BCUT2D eigenvalue weighted by molar-refractivity contribution is 9.11. The molecule has 102 valence electrons. The van der Waals surface area contributed by atoms with Crippen LogP contribution in [0.3, 0.4) is 0 Å². The average molecular weight is 400 g/mol. The van der Waals surface area contributed by atoms with Crippen LogP contribution >= 0.6 is 31.9 Å². The quantitative estimate of drug-likeness (QED) is 0.615. The van der Waals surface area contributed by atoms with E-state index in [0.29, 0.717) is 5.56 Å². The number of carbonyl (C=O) groups excluding carboxylic acids is 1. The lowest BCUT2D eigenvalue weighted by Gasteiger charge is -2.06. The van der Waals surface area contributed by atoms with Crippen LogP contribution in [-0.2, 0) is 0 Å². The Kier molecular flexibility index (Phi) is 4.51. The van der Waals surface area contributed by atoms with E-state index < -0.39 is 10.8 Å². The van der Waals surface area contributed by atoms with E-state index in [1.807, 2.05) is 0 Å². The molecule has 0 spiro atoms. The molecule has 0 aliphatic heterocycles. The third-order valence-electron chi connectivity index (χ3n) is 2.47. The maximum atomic E-state index is 12.1. The Morgan fingerprint density at radius 2 is 1.70 bits per heavy atom. The maximum Gasteiger partial charge on any atom is 0.292 e. The molecule has 0 aromatic heterocycles. The smallest absolute Gasteiger partial charge is 0.292 e. The van der Waals surface area contributed by atoms with Crippen molar-refractivity contribution in [2.45, 2.75) is 0 Å². The summed E-state index contributed by atoms with van der Waals surface area (Å²) in [7, 11) is 0. The molecular weight excluding hydrogens is 392 g/mol. The summed E-state index contributed by atoms with van der Waals surface area (Å²) < 4.78 is 1.47. The van der Waals surface area contributed by atoms with Gasteiger partial charge < -0.3 is 5.32 Å². The number of halogens is 2. The number of hydrogen-bond acceptors (Lipinski definition) is 3. The van der Waals surface area contributed by atoms with Crippen LogP contribution in [0.15, 0.2) is 51.4 Å². The average Bonchev–Trinajstić information content (AvgIpc) is 2.37. The molecule has 2 aromatic carbocycles. The zero-order valence-electron chi connectivity index (χ0n) is 9.97. The second-order valence-electron chi connectivity index (χ2n) is 3.89. The minimum Gasteiger partial charge on any atom is -0.316 e. The van der Waals surface area contributed by atoms with Gasteiger partial charge in [-0.25, -0.2) is 0 Å². The molecule has 0 saturated heterocycles. The van der Waals surface area contributed by atoms with Gasteiger partial charge >= 0.3 is 0 Å². The van der Waals surface area contributed by atoms with E-state index in [1.54, 1.807) is 30.3 Å². The summed E-state index contributed by atoms with van der Waals surface area (Å²) in [6.45, 7) is 0. The van der Waals surface area contributed by atoms with Crippen molar-refractivity contribution >= 4 is 49.1 Å². The molecule has 0 fully saturated rings. The van der Waals surface area contributed by atoms with Crippen molar-refractivity contribution in [3.8, 4) is 0 Å². The van der Waals surface area contributed by atoms with Gasteiger partial charge in [-0.3, -0.25) is 14.9 Å². The number of anilines is 1. The minimum atomic E-state index is -0.535. The summed E-state index contributed by atoms with van der Waals surface area (Å²) >= 11 is 6.57. The number of nitro groups is 1. The first-order valence-corrected chi connectivity index (χ1v) is 7.07. The van der Waals surface area contributed by atoms with E-state index >= 15 is 0 Å². The van der Waals surface area contributed by atoms with E-state index in [2.05, 4.69) is 37.2 Å². The Labute approximate surface area is 131 Å². The molecular formula is C13H8Br2N2O3. The maximum absolute atomic E-state index is 12.1. The minimum absolute atomic E-state index is 0.144. The highest BCUT2D eigenvalue weighted by Gasteiger charge is 2.16. The second-order valence-corrected chi connectivity index (χ2v) is 5.72. The molecule has 7 heteroatoms. The van der Waals surface area contributed by atoms with Gasteiger partial charge in [-0.1, -0.05) is 44.0 Å². The largest absolute Gasteiger partial charge is 0.316 e. The number of nitrogens with zero attached hydrogens (tertiary/aromatic N) is 1. The van der Waals surface area contributed by atoms with E-state index in [1.165, 1.54) is 12.1 Å². The predicted octanol–water partition coefficient (Wildman–Crippen LogP) is 4.37. The van der Waals surface area contributed by atoms with Gasteiger partial charge in [-0.05, 0) is 24.3 Å². The third-order valence-corrected chi connectivity index (χ3v) is 3.39. The van der Waals surface area contributed by atoms with Crippen LogP contribution in [0.5, 0.6) is 0 Å². The standard InChI is InChI=1S/C13H8Br2N2O3/c14-9-5-8(6-10(15)7-9)13(18)16-11-3-1-2-4-12(11)17(19)20/h1-7H,(H,16,18). The van der Waals surface area contributed by atoms with Crippen LogP contribution in [0.1, 0.15) is 10.4 Å². The van der Waals surface area contributed by atoms with Gasteiger partial charge in [-0.15, -0.1) is 0 Å². The third kappa shape index (κ3) is 3.43. The number of para-hydroxylation sites is 2. The first kappa shape index (κ1) is 14.7. The molecule has 0 atom stereocenters. The lowest BCUT2D eigenvalue weighted by Crippen LogP contribution is -2.13. The summed E-state index contributed by atoms with van der Waals surface area (Å²) in [6, 6.07) is 11.1. The van der Waals surface area contributed by atoms with E-state index in [4.69, 9.17) is 0 Å². The molecule has 20 heavy (non-hydrogen) atoms. The molecule has 0 aliphatic carbocycles. The number of nitro benzene ring substituents is 1. The van der Waals surface area contributed by atoms with Gasteiger partial charge in [0.25, 0.3) is 11.6 Å². The summed E-state index contributed by atoms with van der Waals surface area (Å²) in [6.07, 6.45) is 0. The zero-order valence-corrected chi connectivity index (χ0v) is 13.1. The summed E-state index contributed by atoms with van der Waals surface area (Å²) in [4.78, 5) is 22.5. The lowest BCUT2D eigenvalue weighted by atomic mass is 10.2. The number of rotatable bonds is 3. The summed E-state index contributed by atoms with van der Waals surface area (Å²) in [5, 5.41) is 13.4. The molecule has 0 unspecified atom stereocenters. The lowest BCUT2D eigenvalue weighted by molar-refractivity contribution is -0.383. The van der Waals surface area contributed by atoms with E-state index in [0.717, 1.165) is 8.95 Å². The van der Waals surface area contributed by atoms with Crippen LogP contribution in [0.2, 0.25) is 0 Å². The van der Waals surface area contributed by atoms with Gasteiger partial charge in [0.1, 0.15) is 5.69 Å². The summed E-state index contributed by atoms with van der Waals surface area (Å²) in [5.74, 6) is -0.415. The number of amides is 1. The highest BCUT2D eigenvalue weighted by Crippen LogP contribution is 2.25. The van der Waals surface area contributed by atoms with Crippen molar-refractivity contribution < 1.29 is 9.72 Å². The Morgan fingerprint density at radius 1 is 1.10 bits per heavy atom. The van der Waals surface area contributed by atoms with Gasteiger partial charge in [0.15, 0.2) is 0 Å². The summed E-state index contributed by atoms with van der Waals surface area (Å²) in [5.41, 5.74) is 0.415. The number of hydrogen-bond donors (Lipinski definition) is 1. The SMILES string of the molecule is O=C(Nc1ccccc1[N+](=O)[O-])c1cc(Br)cc(Br)c1. The van der Waals surface area contributed by atoms with Crippen LogP contribution in [0.4, 0.5) is 11.4 Å². The Balaban J connectivity index is 2.30. The van der Waals surface area contributed by atoms with Gasteiger partial charge in [0.05, 0.1) is 4.92 Å². The Bertz CT molecular complexity index is 669. The van der Waals surface area contributed by atoms with Crippen molar-refractivity contribution in [2.24, 2.45) is 0 Å². The van der Waals surface area contributed by atoms with E-state index in [-0.39, 0.29) is 11.4 Å². The fourth-order valence-corrected chi connectivity index (χ4v) is 2.91. The van der Waals surface area contributed by atoms with Gasteiger partial charge in [0.2, 0.25) is 0 Å². The van der Waals surface area contributed by atoms with Gasteiger partial charge in [0, 0.05) is 20.6 Å². The fraction of sp³-hybridized carbons (Fsp3) is 0. The van der Waals surface area contributed by atoms with Crippen molar-refractivity contribution in [1.29, 1.82) is 0 Å². The van der Waals surface area contributed by atoms with Gasteiger partial charge in [-0.2, -0.15) is 0 Å². The molecule has 0 aliphatic rings. The predicted molar refractivity (Wildman–Crippen MR) is 82.9 cm³/mol. The monoisotopic (exact) mass is 398 g/mol. The highest BCUT2D eigenvalue weighted by atomic mass is 79.9. The molecule has 5 nitrogen and oxygen atoms in total. The van der Waals surface area contributed by atoms with Crippen LogP contribution in [0, 0.1) is 10.1 Å². The van der Waals surface area contributed by atoms with E-state index in [9.17, 15) is 14.9 Å². The first-order chi connectivity index (χ1) is 9.47. The van der Waals surface area contributed by atoms with Crippen molar-refractivity contribution in [2.75, 3.05) is 5.32 Å². The normalized spacial score (nSPS) is 10.1. The van der Waals surface area contributed by atoms with Crippen molar-refractivity contribution in [3.63, 3.8) is 0 Å². The molecule has 2 rings (SSSR count). The second kappa shape index (κ2) is 6.15. The molecule has 0 bridgehead atoms. The van der Waals surface area contributed by atoms with Crippen molar-refractivity contribution in [1.82, 2.24) is 0 Å². The first-order valence-electron chi connectivity index (χ1n) is 5.48. The Morgan fingerprint density at radius 3 is 2.30 bits per heavy atom. The number of carbonyl (C=O) groups is 1. The Hall–Kier alpha value is -1.73. The van der Waals surface area contributed by atoms with Crippen LogP contribution in [0.25, 0.3) is 0 Å². The number of nitrogens with one attached hydrogen (secondary N) is 1. The topological polar surface area (TPSA) is 72.2 Å². The molecule has 0 radical (unpaired) electrons. The molecule has 0 heterocycles. The zero-order chi connectivity index (χ0) is 14.7. The number of benzene rings is 2. The fourth-order valence-electron chi connectivity index (χ4n) is 1.62. The molecule has 1 amide bonds. The molecule has 1 N–H and O–H groups in total.